The lowest BCUT2D eigenvalue weighted by atomic mass is 9.96. The van der Waals surface area contributed by atoms with Gasteiger partial charge in [0.15, 0.2) is 11.5 Å². The highest BCUT2D eigenvalue weighted by molar-refractivity contribution is 5.48. The van der Waals surface area contributed by atoms with Gasteiger partial charge in [0.25, 0.3) is 0 Å². The molecule has 2 aromatic rings. The van der Waals surface area contributed by atoms with Crippen LogP contribution in [0.3, 0.4) is 0 Å². The highest BCUT2D eigenvalue weighted by Crippen LogP contribution is 2.35. The van der Waals surface area contributed by atoms with E-state index in [4.69, 9.17) is 9.47 Å². The third kappa shape index (κ3) is 1.74. The van der Waals surface area contributed by atoms with Crippen LogP contribution in [0.25, 0.3) is 0 Å². The lowest BCUT2D eigenvalue weighted by Gasteiger charge is -2.09. The van der Waals surface area contributed by atoms with Crippen LogP contribution in [-0.4, -0.2) is 16.8 Å². The molecule has 1 unspecified atom stereocenters. The van der Waals surface area contributed by atoms with Crippen molar-refractivity contribution < 1.29 is 9.47 Å². The summed E-state index contributed by atoms with van der Waals surface area (Å²) in [5.74, 6) is 0.947. The monoisotopic (exact) mass is 239 g/mol. The fourth-order valence-electron chi connectivity index (χ4n) is 1.88. The Morgan fingerprint density at radius 1 is 1.22 bits per heavy atom. The number of benzene rings is 1. The largest absolute Gasteiger partial charge is 0.454 e. The van der Waals surface area contributed by atoms with E-state index in [0.717, 1.165) is 5.56 Å². The quantitative estimate of drug-likeness (QED) is 0.800. The van der Waals surface area contributed by atoms with Crippen molar-refractivity contribution in [2.24, 2.45) is 0 Å². The first kappa shape index (κ1) is 10.5. The second kappa shape index (κ2) is 4.34. The van der Waals surface area contributed by atoms with Crippen molar-refractivity contribution in [3.63, 3.8) is 0 Å². The summed E-state index contributed by atoms with van der Waals surface area (Å²) < 4.78 is 10.5. The van der Waals surface area contributed by atoms with Gasteiger partial charge in [0, 0.05) is 6.20 Å². The third-order valence-corrected chi connectivity index (χ3v) is 2.76. The van der Waals surface area contributed by atoms with Crippen molar-refractivity contribution in [1.82, 2.24) is 9.97 Å². The molecule has 1 aliphatic heterocycles. The first-order valence-corrected chi connectivity index (χ1v) is 5.43. The molecule has 0 spiro atoms. The minimum Gasteiger partial charge on any atom is -0.454 e. The predicted molar refractivity (Wildman–Crippen MR) is 62.1 cm³/mol. The van der Waals surface area contributed by atoms with Gasteiger partial charge in [-0.05, 0) is 23.8 Å². The average Bonchev–Trinajstić information content (AvgIpc) is 2.88. The van der Waals surface area contributed by atoms with E-state index >= 15 is 0 Å². The van der Waals surface area contributed by atoms with Gasteiger partial charge in [-0.25, -0.2) is 9.97 Å². The number of fused-ring (bicyclic) bond motifs is 1. The number of hydrogen-bond acceptors (Lipinski definition) is 5. The van der Waals surface area contributed by atoms with Gasteiger partial charge in [0.05, 0.1) is 11.8 Å². The first-order chi connectivity index (χ1) is 8.88. The standard InChI is InChI=1S/C13H9N3O2/c14-6-10(11-3-4-15-7-16-11)9-1-2-12-13(5-9)18-8-17-12/h1-5,7,10H,8H2. The molecule has 2 heterocycles. The topological polar surface area (TPSA) is 68.0 Å². The van der Waals surface area contributed by atoms with Crippen LogP contribution in [0.4, 0.5) is 0 Å². The number of aromatic nitrogens is 2. The minimum atomic E-state index is -0.428. The molecule has 5 heteroatoms. The summed E-state index contributed by atoms with van der Waals surface area (Å²) >= 11 is 0. The number of ether oxygens (including phenoxy) is 2. The van der Waals surface area contributed by atoms with E-state index in [1.807, 2.05) is 18.2 Å². The van der Waals surface area contributed by atoms with Gasteiger partial charge in [0.1, 0.15) is 12.2 Å². The SMILES string of the molecule is N#CC(c1ccc2c(c1)OCO2)c1ccncn1. The van der Waals surface area contributed by atoms with Crippen molar-refractivity contribution in [3.05, 3.63) is 48.0 Å². The van der Waals surface area contributed by atoms with E-state index in [1.54, 1.807) is 12.3 Å². The highest BCUT2D eigenvalue weighted by atomic mass is 16.7. The molecule has 1 aromatic heterocycles. The fraction of sp³-hybridized carbons (Fsp3) is 0.154. The van der Waals surface area contributed by atoms with Gasteiger partial charge in [0.2, 0.25) is 6.79 Å². The molecule has 5 nitrogen and oxygen atoms in total. The summed E-state index contributed by atoms with van der Waals surface area (Å²) in [5.41, 5.74) is 1.51. The Balaban J connectivity index is 2.01. The van der Waals surface area contributed by atoms with Gasteiger partial charge >= 0.3 is 0 Å². The maximum atomic E-state index is 9.30. The summed E-state index contributed by atoms with van der Waals surface area (Å²) in [5, 5.41) is 9.30. The van der Waals surface area contributed by atoms with E-state index in [-0.39, 0.29) is 6.79 Å². The van der Waals surface area contributed by atoms with Crippen LogP contribution in [0.2, 0.25) is 0 Å². The predicted octanol–water partition coefficient (Wildman–Crippen LogP) is 1.86. The van der Waals surface area contributed by atoms with E-state index < -0.39 is 5.92 Å². The Morgan fingerprint density at radius 3 is 2.89 bits per heavy atom. The summed E-state index contributed by atoms with van der Waals surface area (Å²) in [6.45, 7) is 0.226. The van der Waals surface area contributed by atoms with Gasteiger partial charge < -0.3 is 9.47 Å². The normalized spacial score (nSPS) is 13.9. The van der Waals surface area contributed by atoms with Gasteiger partial charge in [-0.3, -0.25) is 0 Å². The summed E-state index contributed by atoms with van der Waals surface area (Å²) in [6, 6.07) is 9.45. The number of rotatable bonds is 2. The molecular weight excluding hydrogens is 230 g/mol. The van der Waals surface area contributed by atoms with E-state index in [0.29, 0.717) is 17.2 Å². The zero-order valence-electron chi connectivity index (χ0n) is 9.41. The second-order valence-corrected chi connectivity index (χ2v) is 3.81. The molecule has 1 aromatic carbocycles. The van der Waals surface area contributed by atoms with Crippen LogP contribution in [0.15, 0.2) is 36.8 Å². The summed E-state index contributed by atoms with van der Waals surface area (Å²) in [6.07, 6.45) is 3.06. The van der Waals surface area contributed by atoms with Crippen molar-refractivity contribution in [3.8, 4) is 17.6 Å². The lowest BCUT2D eigenvalue weighted by Crippen LogP contribution is -2.01. The summed E-state index contributed by atoms with van der Waals surface area (Å²) in [7, 11) is 0. The molecule has 0 aliphatic carbocycles. The lowest BCUT2D eigenvalue weighted by molar-refractivity contribution is 0.174. The molecule has 0 saturated heterocycles. The maximum Gasteiger partial charge on any atom is 0.231 e. The molecule has 18 heavy (non-hydrogen) atoms. The molecule has 0 N–H and O–H groups in total. The zero-order chi connectivity index (χ0) is 12.4. The molecule has 0 radical (unpaired) electrons. The first-order valence-electron chi connectivity index (χ1n) is 5.43. The minimum absolute atomic E-state index is 0.226. The van der Waals surface area contributed by atoms with Gasteiger partial charge in [-0.1, -0.05) is 6.07 Å². The van der Waals surface area contributed by atoms with Crippen molar-refractivity contribution in [1.29, 1.82) is 5.26 Å². The van der Waals surface area contributed by atoms with Crippen LogP contribution in [0, 0.1) is 11.3 Å². The summed E-state index contributed by atoms with van der Waals surface area (Å²) in [4.78, 5) is 7.96. The van der Waals surface area contributed by atoms with Crippen LogP contribution in [0.1, 0.15) is 17.2 Å². The molecule has 0 bridgehead atoms. The molecule has 0 saturated carbocycles. The van der Waals surface area contributed by atoms with Gasteiger partial charge in [-0.2, -0.15) is 5.26 Å². The Morgan fingerprint density at radius 2 is 2.11 bits per heavy atom. The molecule has 3 rings (SSSR count). The van der Waals surface area contributed by atoms with Crippen molar-refractivity contribution in [2.75, 3.05) is 6.79 Å². The second-order valence-electron chi connectivity index (χ2n) is 3.81. The number of nitrogens with zero attached hydrogens (tertiary/aromatic N) is 3. The Hall–Kier alpha value is -2.61. The van der Waals surface area contributed by atoms with Crippen molar-refractivity contribution in [2.45, 2.75) is 5.92 Å². The van der Waals surface area contributed by atoms with E-state index in [1.165, 1.54) is 6.33 Å². The van der Waals surface area contributed by atoms with Crippen LogP contribution >= 0.6 is 0 Å². The van der Waals surface area contributed by atoms with Crippen molar-refractivity contribution >= 4 is 0 Å². The van der Waals surface area contributed by atoms with E-state index in [9.17, 15) is 5.26 Å². The fourth-order valence-corrected chi connectivity index (χ4v) is 1.88. The molecular formula is C13H9N3O2. The van der Waals surface area contributed by atoms with Crippen LogP contribution in [-0.2, 0) is 0 Å². The Bertz CT molecular complexity index is 607. The average molecular weight is 239 g/mol. The third-order valence-electron chi connectivity index (χ3n) is 2.76. The van der Waals surface area contributed by atoms with E-state index in [2.05, 4.69) is 16.0 Å². The highest BCUT2D eigenvalue weighted by Gasteiger charge is 2.19. The smallest absolute Gasteiger partial charge is 0.231 e. The molecule has 88 valence electrons. The van der Waals surface area contributed by atoms with Crippen LogP contribution < -0.4 is 9.47 Å². The van der Waals surface area contributed by atoms with Crippen LogP contribution in [0.5, 0.6) is 11.5 Å². The maximum absolute atomic E-state index is 9.30. The number of nitriles is 1. The Labute approximate surface area is 104 Å². The molecule has 0 fully saturated rings. The van der Waals surface area contributed by atoms with Gasteiger partial charge in [-0.15, -0.1) is 0 Å². The zero-order valence-corrected chi connectivity index (χ0v) is 9.41. The number of hydrogen-bond donors (Lipinski definition) is 0. The molecule has 1 aliphatic rings. The Kier molecular flexibility index (Phi) is 2.54. The molecule has 0 amide bonds. The molecule has 1 atom stereocenters.